The Labute approximate surface area is 88.3 Å². The van der Waals surface area contributed by atoms with Crippen LogP contribution in [0.1, 0.15) is 18.3 Å². The molecule has 4 heteroatoms. The zero-order valence-electron chi connectivity index (χ0n) is 8.66. The molecule has 1 heterocycles. The van der Waals surface area contributed by atoms with Crippen LogP contribution in [-0.2, 0) is 4.79 Å². The topological polar surface area (TPSA) is 62.2 Å². The molecule has 0 atom stereocenters. The van der Waals surface area contributed by atoms with Gasteiger partial charge in [-0.3, -0.25) is 4.79 Å². The smallest absolute Gasteiger partial charge is 0.217 e. The summed E-state index contributed by atoms with van der Waals surface area (Å²) in [5, 5.41) is 11.9. The fourth-order valence-electron chi connectivity index (χ4n) is 0.938. The Balaban J connectivity index is 2.71. The molecule has 78 valence electrons. The average molecular weight is 204 g/mol. The van der Waals surface area contributed by atoms with Crippen LogP contribution in [0.25, 0.3) is 0 Å². The van der Waals surface area contributed by atoms with Crippen LogP contribution >= 0.6 is 0 Å². The van der Waals surface area contributed by atoms with Crippen LogP contribution in [-0.4, -0.2) is 22.5 Å². The monoisotopic (exact) mass is 204 g/mol. The van der Waals surface area contributed by atoms with Gasteiger partial charge in [-0.25, -0.2) is 4.98 Å². The molecule has 0 saturated carbocycles. The molecule has 4 nitrogen and oxygen atoms in total. The van der Waals surface area contributed by atoms with Gasteiger partial charge in [0.05, 0.1) is 6.54 Å². The van der Waals surface area contributed by atoms with Crippen LogP contribution in [0.2, 0.25) is 0 Å². The molecule has 0 fully saturated rings. The van der Waals surface area contributed by atoms with Crippen molar-refractivity contribution in [2.24, 2.45) is 0 Å². The first-order valence-electron chi connectivity index (χ1n) is 4.49. The molecule has 2 N–H and O–H groups in total. The number of hydrogen-bond donors (Lipinski definition) is 2. The highest BCUT2D eigenvalue weighted by Gasteiger charge is 1.98. The lowest BCUT2D eigenvalue weighted by Gasteiger charge is -1.97. The van der Waals surface area contributed by atoms with Gasteiger partial charge in [-0.05, 0) is 25.0 Å². The standard InChI is InChI=1S/C11H12N2O2/c1-8-5-6-11(15)10(13-8)4-3-7-12-9(2)14/h5-6,15H,7H2,1-2H3,(H,12,14). The number of hydrogen-bond acceptors (Lipinski definition) is 3. The normalized spacial score (nSPS) is 8.93. The molecule has 0 aromatic carbocycles. The predicted octanol–water partition coefficient (Wildman–Crippen LogP) is 0.583. The second-order valence-electron chi connectivity index (χ2n) is 3.03. The number of nitrogens with zero attached hydrogens (tertiary/aromatic N) is 1. The lowest BCUT2D eigenvalue weighted by atomic mass is 10.3. The number of rotatable bonds is 1. The van der Waals surface area contributed by atoms with Gasteiger partial charge in [-0.1, -0.05) is 5.92 Å². The fraction of sp³-hybridized carbons (Fsp3) is 0.273. The van der Waals surface area contributed by atoms with Crippen LogP contribution in [0.4, 0.5) is 0 Å². The molecule has 0 aliphatic heterocycles. The molecule has 1 amide bonds. The lowest BCUT2D eigenvalue weighted by molar-refractivity contribution is -0.118. The van der Waals surface area contributed by atoms with Crippen molar-refractivity contribution < 1.29 is 9.90 Å². The lowest BCUT2D eigenvalue weighted by Crippen LogP contribution is -2.19. The number of carbonyl (C=O) groups is 1. The van der Waals surface area contributed by atoms with E-state index in [1.54, 1.807) is 12.1 Å². The molecule has 0 aliphatic carbocycles. The van der Waals surface area contributed by atoms with E-state index in [1.165, 1.54) is 6.92 Å². The molecule has 1 rings (SSSR count). The molecule has 0 saturated heterocycles. The van der Waals surface area contributed by atoms with Gasteiger partial charge in [0.2, 0.25) is 5.91 Å². The molecule has 0 unspecified atom stereocenters. The zero-order chi connectivity index (χ0) is 11.3. The maximum absolute atomic E-state index is 10.5. The van der Waals surface area contributed by atoms with Crippen molar-refractivity contribution in [2.45, 2.75) is 13.8 Å². The number of pyridine rings is 1. The maximum atomic E-state index is 10.5. The van der Waals surface area contributed by atoms with E-state index in [2.05, 4.69) is 22.1 Å². The Bertz CT molecular complexity index is 430. The van der Waals surface area contributed by atoms with Crippen LogP contribution in [0, 0.1) is 18.8 Å². The number of aromatic hydroxyl groups is 1. The summed E-state index contributed by atoms with van der Waals surface area (Å²) >= 11 is 0. The van der Waals surface area contributed by atoms with E-state index >= 15 is 0 Å². The summed E-state index contributed by atoms with van der Waals surface area (Å²) in [4.78, 5) is 14.6. The summed E-state index contributed by atoms with van der Waals surface area (Å²) in [6, 6.07) is 3.25. The van der Waals surface area contributed by atoms with E-state index in [4.69, 9.17) is 0 Å². The SMILES string of the molecule is CC(=O)NCC#Cc1nc(C)ccc1O. The highest BCUT2D eigenvalue weighted by Crippen LogP contribution is 2.12. The quantitative estimate of drug-likeness (QED) is 0.658. The predicted molar refractivity (Wildman–Crippen MR) is 56.2 cm³/mol. The first-order valence-corrected chi connectivity index (χ1v) is 4.49. The van der Waals surface area contributed by atoms with Gasteiger partial charge < -0.3 is 10.4 Å². The third-order valence-electron chi connectivity index (χ3n) is 1.65. The molecule has 15 heavy (non-hydrogen) atoms. The zero-order valence-corrected chi connectivity index (χ0v) is 8.66. The van der Waals surface area contributed by atoms with Gasteiger partial charge in [0.25, 0.3) is 0 Å². The Kier molecular flexibility index (Phi) is 3.69. The second-order valence-corrected chi connectivity index (χ2v) is 3.03. The van der Waals surface area contributed by atoms with Crippen molar-refractivity contribution >= 4 is 5.91 Å². The van der Waals surface area contributed by atoms with Gasteiger partial charge in [-0.2, -0.15) is 0 Å². The number of carbonyl (C=O) groups excluding carboxylic acids is 1. The third kappa shape index (κ3) is 3.69. The van der Waals surface area contributed by atoms with Crippen molar-refractivity contribution in [3.8, 4) is 17.6 Å². The third-order valence-corrected chi connectivity index (χ3v) is 1.65. The Morgan fingerprint density at radius 3 is 3.00 bits per heavy atom. The van der Waals surface area contributed by atoms with E-state index in [-0.39, 0.29) is 18.2 Å². The molecule has 0 radical (unpaired) electrons. The molecule has 0 spiro atoms. The summed E-state index contributed by atoms with van der Waals surface area (Å²) in [7, 11) is 0. The molecular formula is C11H12N2O2. The summed E-state index contributed by atoms with van der Waals surface area (Å²) in [5.41, 5.74) is 1.12. The van der Waals surface area contributed by atoms with Gasteiger partial charge >= 0.3 is 0 Å². The molecular weight excluding hydrogens is 192 g/mol. The number of aromatic nitrogens is 1. The van der Waals surface area contributed by atoms with E-state index in [9.17, 15) is 9.90 Å². The fourth-order valence-corrected chi connectivity index (χ4v) is 0.938. The van der Waals surface area contributed by atoms with Crippen molar-refractivity contribution in [2.75, 3.05) is 6.54 Å². The van der Waals surface area contributed by atoms with Crippen molar-refractivity contribution in [1.82, 2.24) is 10.3 Å². The van der Waals surface area contributed by atoms with Gasteiger partial charge in [0.1, 0.15) is 5.75 Å². The van der Waals surface area contributed by atoms with Gasteiger partial charge in [0.15, 0.2) is 5.69 Å². The van der Waals surface area contributed by atoms with Crippen LogP contribution in [0.5, 0.6) is 5.75 Å². The van der Waals surface area contributed by atoms with E-state index in [0.29, 0.717) is 5.69 Å². The number of amides is 1. The van der Waals surface area contributed by atoms with Crippen molar-refractivity contribution in [3.05, 3.63) is 23.5 Å². The first kappa shape index (κ1) is 11.1. The largest absolute Gasteiger partial charge is 0.505 e. The Morgan fingerprint density at radius 2 is 2.33 bits per heavy atom. The minimum absolute atomic E-state index is 0.0518. The molecule has 0 bridgehead atoms. The molecule has 0 aliphatic rings. The minimum atomic E-state index is -0.134. The minimum Gasteiger partial charge on any atom is -0.505 e. The average Bonchev–Trinajstić information content (AvgIpc) is 2.17. The molecule has 1 aromatic rings. The van der Waals surface area contributed by atoms with E-state index in [0.717, 1.165) is 5.69 Å². The highest BCUT2D eigenvalue weighted by atomic mass is 16.3. The Hall–Kier alpha value is -2.02. The summed E-state index contributed by atoms with van der Waals surface area (Å²) < 4.78 is 0. The number of nitrogens with one attached hydrogen (secondary N) is 1. The van der Waals surface area contributed by atoms with Crippen LogP contribution < -0.4 is 5.32 Å². The van der Waals surface area contributed by atoms with E-state index in [1.807, 2.05) is 6.92 Å². The first-order chi connectivity index (χ1) is 7.09. The summed E-state index contributed by atoms with van der Waals surface area (Å²) in [6.45, 7) is 3.49. The van der Waals surface area contributed by atoms with Gasteiger partial charge in [0, 0.05) is 12.6 Å². The van der Waals surface area contributed by atoms with Crippen molar-refractivity contribution in [3.63, 3.8) is 0 Å². The summed E-state index contributed by atoms with van der Waals surface area (Å²) in [6.07, 6.45) is 0. The summed E-state index contributed by atoms with van der Waals surface area (Å²) in [5.74, 6) is 5.30. The second kappa shape index (κ2) is 5.01. The van der Waals surface area contributed by atoms with Crippen LogP contribution in [0.3, 0.4) is 0 Å². The number of aryl methyl sites for hydroxylation is 1. The van der Waals surface area contributed by atoms with Crippen molar-refractivity contribution in [1.29, 1.82) is 0 Å². The van der Waals surface area contributed by atoms with E-state index < -0.39 is 0 Å². The van der Waals surface area contributed by atoms with Crippen LogP contribution in [0.15, 0.2) is 12.1 Å². The Morgan fingerprint density at radius 1 is 1.60 bits per heavy atom. The molecule has 1 aromatic heterocycles. The van der Waals surface area contributed by atoms with Gasteiger partial charge in [-0.15, -0.1) is 0 Å². The maximum Gasteiger partial charge on any atom is 0.217 e. The highest BCUT2D eigenvalue weighted by molar-refractivity contribution is 5.73.